The fourth-order valence-electron chi connectivity index (χ4n) is 2.92. The second-order valence-electron chi connectivity index (χ2n) is 5.70. The van der Waals surface area contributed by atoms with E-state index >= 15 is 0 Å². The van der Waals surface area contributed by atoms with Crippen LogP contribution in [0.1, 0.15) is 28.9 Å². The maximum absolute atomic E-state index is 13.0. The molecule has 126 valence electrons. The van der Waals surface area contributed by atoms with E-state index in [-0.39, 0.29) is 17.7 Å². The van der Waals surface area contributed by atoms with Crippen LogP contribution in [0, 0.1) is 5.82 Å². The fraction of sp³-hybridized carbons (Fsp3) is 0.333. The highest BCUT2D eigenvalue weighted by molar-refractivity contribution is 7.17. The van der Waals surface area contributed by atoms with E-state index in [2.05, 4.69) is 0 Å². The van der Waals surface area contributed by atoms with Gasteiger partial charge in [-0.3, -0.25) is 4.79 Å². The Kier molecular flexibility index (Phi) is 4.94. The maximum Gasteiger partial charge on any atom is 0.328 e. The number of amides is 1. The van der Waals surface area contributed by atoms with E-state index in [0.717, 1.165) is 23.3 Å². The largest absolute Gasteiger partial charge is 0.467 e. The second-order valence-corrected chi connectivity index (χ2v) is 6.79. The number of carbonyl (C=O) groups is 2. The van der Waals surface area contributed by atoms with Crippen molar-refractivity contribution in [2.45, 2.75) is 25.3 Å². The third-order valence-corrected chi connectivity index (χ3v) is 5.30. The molecule has 0 saturated carbocycles. The zero-order valence-corrected chi connectivity index (χ0v) is 14.1. The van der Waals surface area contributed by atoms with Crippen LogP contribution >= 0.6 is 11.3 Å². The minimum Gasteiger partial charge on any atom is -0.467 e. The number of thiophene rings is 1. The second kappa shape index (κ2) is 7.13. The van der Waals surface area contributed by atoms with Crippen molar-refractivity contribution in [1.29, 1.82) is 0 Å². The molecule has 1 atom stereocenters. The number of hydrogen-bond acceptors (Lipinski definition) is 4. The molecule has 1 fully saturated rings. The van der Waals surface area contributed by atoms with Crippen molar-refractivity contribution in [3.63, 3.8) is 0 Å². The maximum atomic E-state index is 13.0. The van der Waals surface area contributed by atoms with Gasteiger partial charge in [0.2, 0.25) is 0 Å². The molecule has 2 heterocycles. The molecule has 6 heteroatoms. The van der Waals surface area contributed by atoms with Crippen LogP contribution in [0.15, 0.2) is 36.4 Å². The Morgan fingerprint density at radius 2 is 1.92 bits per heavy atom. The van der Waals surface area contributed by atoms with Gasteiger partial charge in [0.15, 0.2) is 0 Å². The smallest absolute Gasteiger partial charge is 0.328 e. The molecule has 4 nitrogen and oxygen atoms in total. The zero-order chi connectivity index (χ0) is 17.1. The molecule has 1 aromatic heterocycles. The average molecular weight is 347 g/mol. The van der Waals surface area contributed by atoms with Crippen molar-refractivity contribution in [3.8, 4) is 10.4 Å². The van der Waals surface area contributed by atoms with Gasteiger partial charge in [-0.2, -0.15) is 0 Å². The first-order valence-corrected chi connectivity index (χ1v) is 8.66. The van der Waals surface area contributed by atoms with Crippen molar-refractivity contribution in [3.05, 3.63) is 47.1 Å². The summed E-state index contributed by atoms with van der Waals surface area (Å²) in [6, 6.07) is 9.27. The molecule has 0 radical (unpaired) electrons. The number of likely N-dealkylation sites (tertiary alicyclic amines) is 1. The van der Waals surface area contributed by atoms with E-state index in [0.29, 0.717) is 17.8 Å². The molecular weight excluding hydrogens is 329 g/mol. The first-order chi connectivity index (χ1) is 11.6. The fourth-order valence-corrected chi connectivity index (χ4v) is 3.89. The van der Waals surface area contributed by atoms with Crippen molar-refractivity contribution in [1.82, 2.24) is 4.90 Å². The van der Waals surface area contributed by atoms with E-state index in [1.165, 1.54) is 30.6 Å². The molecule has 24 heavy (non-hydrogen) atoms. The number of esters is 1. The Morgan fingerprint density at radius 3 is 2.62 bits per heavy atom. The Labute approximate surface area is 143 Å². The van der Waals surface area contributed by atoms with Crippen LogP contribution < -0.4 is 0 Å². The highest BCUT2D eigenvalue weighted by atomic mass is 32.1. The first kappa shape index (κ1) is 16.6. The van der Waals surface area contributed by atoms with E-state index in [1.807, 2.05) is 6.07 Å². The summed E-state index contributed by atoms with van der Waals surface area (Å²) >= 11 is 1.35. The standard InChI is InChI=1S/C18H18FNO3S/c1-23-18(22)14-4-2-3-11-20(14)17(21)16-10-9-15(24-16)12-5-7-13(19)8-6-12/h5-10,14H,2-4,11H2,1H3. The van der Waals surface area contributed by atoms with E-state index < -0.39 is 6.04 Å². The lowest BCUT2D eigenvalue weighted by Crippen LogP contribution is -2.48. The van der Waals surface area contributed by atoms with E-state index in [1.54, 1.807) is 23.1 Å². The number of carbonyl (C=O) groups excluding carboxylic acids is 2. The summed E-state index contributed by atoms with van der Waals surface area (Å²) in [7, 11) is 1.34. The van der Waals surface area contributed by atoms with Gasteiger partial charge in [0.25, 0.3) is 5.91 Å². The zero-order valence-electron chi connectivity index (χ0n) is 13.3. The highest BCUT2D eigenvalue weighted by Crippen LogP contribution is 2.30. The molecular formula is C18H18FNO3S. The summed E-state index contributed by atoms with van der Waals surface area (Å²) < 4.78 is 17.9. The van der Waals surface area contributed by atoms with Crippen LogP contribution in [0.4, 0.5) is 4.39 Å². The summed E-state index contributed by atoms with van der Waals surface area (Å²) in [4.78, 5) is 27.8. The summed E-state index contributed by atoms with van der Waals surface area (Å²) in [5.41, 5.74) is 0.864. The molecule has 1 saturated heterocycles. The van der Waals surface area contributed by atoms with Crippen LogP contribution in [0.25, 0.3) is 10.4 Å². The summed E-state index contributed by atoms with van der Waals surface area (Å²) in [5, 5.41) is 0. The van der Waals surface area contributed by atoms with Gasteiger partial charge in [-0.15, -0.1) is 11.3 Å². The lowest BCUT2D eigenvalue weighted by Gasteiger charge is -2.33. The molecule has 3 rings (SSSR count). The molecule has 2 aromatic rings. The number of ether oxygens (including phenoxy) is 1. The predicted octanol–water partition coefficient (Wildman–Crippen LogP) is 3.72. The lowest BCUT2D eigenvalue weighted by atomic mass is 10.0. The number of halogens is 1. The van der Waals surface area contributed by atoms with Crippen molar-refractivity contribution >= 4 is 23.2 Å². The Bertz CT molecular complexity index is 741. The Hall–Kier alpha value is -2.21. The molecule has 0 aliphatic carbocycles. The number of hydrogen-bond donors (Lipinski definition) is 0. The normalized spacial score (nSPS) is 17.6. The van der Waals surface area contributed by atoms with Gasteiger partial charge in [0.1, 0.15) is 11.9 Å². The molecule has 1 aliphatic rings. The SMILES string of the molecule is COC(=O)C1CCCCN1C(=O)c1ccc(-c2ccc(F)cc2)s1. The quantitative estimate of drug-likeness (QED) is 0.795. The van der Waals surface area contributed by atoms with Gasteiger partial charge < -0.3 is 9.64 Å². The van der Waals surface area contributed by atoms with Crippen LogP contribution in [0.2, 0.25) is 0 Å². The van der Waals surface area contributed by atoms with Gasteiger partial charge in [0.05, 0.1) is 12.0 Å². The minimum absolute atomic E-state index is 0.150. The molecule has 0 bridgehead atoms. The highest BCUT2D eigenvalue weighted by Gasteiger charge is 2.33. The number of benzene rings is 1. The Morgan fingerprint density at radius 1 is 1.17 bits per heavy atom. The topological polar surface area (TPSA) is 46.6 Å². The summed E-state index contributed by atoms with van der Waals surface area (Å²) in [6.07, 6.45) is 2.43. The molecule has 1 aliphatic heterocycles. The van der Waals surface area contributed by atoms with Crippen molar-refractivity contribution in [2.24, 2.45) is 0 Å². The van der Waals surface area contributed by atoms with Gasteiger partial charge >= 0.3 is 5.97 Å². The van der Waals surface area contributed by atoms with Gasteiger partial charge in [-0.05, 0) is 49.1 Å². The molecule has 1 aromatic carbocycles. The number of nitrogens with zero attached hydrogens (tertiary/aromatic N) is 1. The first-order valence-electron chi connectivity index (χ1n) is 7.84. The Balaban J connectivity index is 1.82. The van der Waals surface area contributed by atoms with Crippen LogP contribution in [-0.2, 0) is 9.53 Å². The third-order valence-electron chi connectivity index (χ3n) is 4.18. The van der Waals surface area contributed by atoms with Crippen LogP contribution in [-0.4, -0.2) is 36.5 Å². The van der Waals surface area contributed by atoms with Gasteiger partial charge in [-0.25, -0.2) is 9.18 Å². The van der Waals surface area contributed by atoms with E-state index in [4.69, 9.17) is 4.74 Å². The third kappa shape index (κ3) is 3.33. The molecule has 0 N–H and O–H groups in total. The van der Waals surface area contributed by atoms with Crippen LogP contribution in [0.3, 0.4) is 0 Å². The lowest BCUT2D eigenvalue weighted by molar-refractivity contribution is -0.147. The van der Waals surface area contributed by atoms with E-state index in [9.17, 15) is 14.0 Å². The van der Waals surface area contributed by atoms with Crippen LogP contribution in [0.5, 0.6) is 0 Å². The monoisotopic (exact) mass is 347 g/mol. The van der Waals surface area contributed by atoms with Crippen molar-refractivity contribution < 1.29 is 18.7 Å². The number of rotatable bonds is 3. The van der Waals surface area contributed by atoms with Crippen molar-refractivity contribution in [2.75, 3.05) is 13.7 Å². The molecule has 1 amide bonds. The number of piperidine rings is 1. The summed E-state index contributed by atoms with van der Waals surface area (Å²) in [6.45, 7) is 0.558. The molecule has 0 spiro atoms. The summed E-state index contributed by atoms with van der Waals surface area (Å²) in [5.74, 6) is -0.803. The average Bonchev–Trinajstić information content (AvgIpc) is 3.11. The number of methoxy groups -OCH3 is 1. The molecule has 1 unspecified atom stereocenters. The predicted molar refractivity (Wildman–Crippen MR) is 90.4 cm³/mol. The minimum atomic E-state index is -0.507. The van der Waals surface area contributed by atoms with Gasteiger partial charge in [-0.1, -0.05) is 12.1 Å². The van der Waals surface area contributed by atoms with Gasteiger partial charge in [0, 0.05) is 11.4 Å².